The largest absolute Gasteiger partial charge is 0.490 e. The summed E-state index contributed by atoms with van der Waals surface area (Å²) < 4.78 is 6.78. The average molecular weight is 278 g/mol. The molecule has 106 valence electrons. The number of ether oxygens (including phenoxy) is 1. The molecule has 0 bridgehead atoms. The van der Waals surface area contributed by atoms with E-state index in [1.54, 1.807) is 17.6 Å². The number of benzene rings is 1. The molecule has 0 fully saturated rings. The van der Waals surface area contributed by atoms with Gasteiger partial charge in [-0.25, -0.2) is 0 Å². The third-order valence-electron chi connectivity index (χ3n) is 3.88. The molecule has 7 heteroatoms. The van der Waals surface area contributed by atoms with Gasteiger partial charge < -0.3 is 19.5 Å². The molecule has 2 aromatic rings. The molecule has 1 aromatic heterocycles. The summed E-state index contributed by atoms with van der Waals surface area (Å²) in [6.45, 7) is 1.94. The maximum absolute atomic E-state index is 11.3. The monoisotopic (exact) mass is 278 g/mol. The molecule has 1 aliphatic heterocycles. The summed E-state index contributed by atoms with van der Waals surface area (Å²) >= 11 is 0. The van der Waals surface area contributed by atoms with E-state index in [0.29, 0.717) is 22.2 Å². The van der Waals surface area contributed by atoms with Gasteiger partial charge in [0.05, 0.1) is 35.2 Å². The number of aliphatic hydroxyl groups is 2. The Hall–Kier alpha value is -2.12. The molecule has 2 heterocycles. The molecule has 0 spiro atoms. The number of aryl methyl sites for hydroxylation is 1. The predicted molar refractivity (Wildman–Crippen MR) is 70.8 cm³/mol. The molecule has 2 N–H and O–H groups in total. The average Bonchev–Trinajstić information content (AvgIpc) is 2.86. The normalized spacial score (nSPS) is 21.2. The third kappa shape index (κ3) is 1.47. The quantitative estimate of drug-likeness (QED) is 0.637. The molecule has 0 amide bonds. The summed E-state index contributed by atoms with van der Waals surface area (Å²) in [5.74, 6) is 0.185. The lowest BCUT2D eigenvalue weighted by Crippen LogP contribution is -2.13. The zero-order valence-corrected chi connectivity index (χ0v) is 11.0. The zero-order valence-electron chi connectivity index (χ0n) is 11.0. The number of aliphatic hydroxyl groups excluding tert-OH is 2. The van der Waals surface area contributed by atoms with Gasteiger partial charge in [-0.15, -0.1) is 0 Å². The lowest BCUT2D eigenvalue weighted by atomic mass is 10.1. The molecule has 0 saturated carbocycles. The fourth-order valence-corrected chi connectivity index (χ4v) is 3.01. The SMILES string of the molecule is COc1ccc2c(c(C)c3n2C[C@H](O)[C@@H]3O)c1[N+](=O)[O-]. The Labute approximate surface area is 114 Å². The highest BCUT2D eigenvalue weighted by Crippen LogP contribution is 2.43. The van der Waals surface area contributed by atoms with Crippen LogP contribution in [-0.4, -0.2) is 32.9 Å². The Morgan fingerprint density at radius 2 is 2.15 bits per heavy atom. The minimum absolute atomic E-state index is 0.105. The van der Waals surface area contributed by atoms with Crippen LogP contribution >= 0.6 is 0 Å². The number of hydrogen-bond acceptors (Lipinski definition) is 5. The molecule has 20 heavy (non-hydrogen) atoms. The van der Waals surface area contributed by atoms with Crippen molar-refractivity contribution >= 4 is 16.6 Å². The van der Waals surface area contributed by atoms with Gasteiger partial charge in [-0.1, -0.05) is 0 Å². The van der Waals surface area contributed by atoms with E-state index in [0.717, 1.165) is 0 Å². The van der Waals surface area contributed by atoms with Gasteiger partial charge in [0.25, 0.3) is 0 Å². The van der Waals surface area contributed by atoms with Crippen LogP contribution in [0.1, 0.15) is 17.4 Å². The van der Waals surface area contributed by atoms with Crippen molar-refractivity contribution in [1.29, 1.82) is 0 Å². The number of nitrogens with zero attached hydrogens (tertiary/aromatic N) is 2. The van der Waals surface area contributed by atoms with Crippen molar-refractivity contribution in [3.05, 3.63) is 33.5 Å². The van der Waals surface area contributed by atoms with Gasteiger partial charge in [-0.05, 0) is 24.6 Å². The van der Waals surface area contributed by atoms with Crippen LogP contribution in [0.15, 0.2) is 12.1 Å². The standard InChI is InChI=1S/C13H14N2O5/c1-6-10-7(14-5-8(16)13(17)11(6)14)3-4-9(20-2)12(10)15(18)19/h3-4,8,13,16-17H,5H2,1-2H3/t8-,13-/m0/s1. The Morgan fingerprint density at radius 3 is 2.75 bits per heavy atom. The van der Waals surface area contributed by atoms with Gasteiger partial charge >= 0.3 is 5.69 Å². The van der Waals surface area contributed by atoms with Crippen molar-refractivity contribution in [2.45, 2.75) is 25.7 Å². The van der Waals surface area contributed by atoms with Gasteiger partial charge in [-0.3, -0.25) is 10.1 Å². The summed E-state index contributed by atoms with van der Waals surface area (Å²) in [6.07, 6.45) is -1.90. The maximum Gasteiger partial charge on any atom is 0.320 e. The van der Waals surface area contributed by atoms with Crippen LogP contribution in [0.4, 0.5) is 5.69 Å². The number of methoxy groups -OCH3 is 1. The Morgan fingerprint density at radius 1 is 1.45 bits per heavy atom. The molecule has 7 nitrogen and oxygen atoms in total. The fourth-order valence-electron chi connectivity index (χ4n) is 3.01. The molecule has 2 atom stereocenters. The second kappa shape index (κ2) is 4.19. The molecular formula is C13H14N2O5. The second-order valence-corrected chi connectivity index (χ2v) is 4.90. The van der Waals surface area contributed by atoms with Gasteiger partial charge in [0.1, 0.15) is 12.2 Å². The molecule has 3 rings (SSSR count). The van der Waals surface area contributed by atoms with Crippen LogP contribution in [0, 0.1) is 17.0 Å². The van der Waals surface area contributed by atoms with Crippen LogP contribution in [0.5, 0.6) is 5.75 Å². The number of nitro benzene ring substituents is 1. The van der Waals surface area contributed by atoms with Crippen LogP contribution in [0.3, 0.4) is 0 Å². The first-order valence-electron chi connectivity index (χ1n) is 6.17. The van der Waals surface area contributed by atoms with E-state index in [1.807, 2.05) is 0 Å². The van der Waals surface area contributed by atoms with Crippen molar-refractivity contribution in [2.75, 3.05) is 7.11 Å². The minimum Gasteiger partial charge on any atom is -0.490 e. The highest BCUT2D eigenvalue weighted by Gasteiger charge is 2.36. The van der Waals surface area contributed by atoms with Gasteiger partial charge in [-0.2, -0.15) is 0 Å². The number of nitro groups is 1. The summed E-state index contributed by atoms with van der Waals surface area (Å²) in [4.78, 5) is 10.8. The second-order valence-electron chi connectivity index (χ2n) is 4.90. The molecule has 0 saturated heterocycles. The highest BCUT2D eigenvalue weighted by molar-refractivity contribution is 5.96. The van der Waals surface area contributed by atoms with Crippen LogP contribution in [0.25, 0.3) is 10.9 Å². The third-order valence-corrected chi connectivity index (χ3v) is 3.88. The first-order valence-corrected chi connectivity index (χ1v) is 6.17. The summed E-state index contributed by atoms with van der Waals surface area (Å²) in [5, 5.41) is 31.5. The van der Waals surface area contributed by atoms with Crippen molar-refractivity contribution in [3.63, 3.8) is 0 Å². The zero-order chi connectivity index (χ0) is 14.6. The highest BCUT2D eigenvalue weighted by atomic mass is 16.6. The minimum atomic E-state index is -1.02. The molecule has 0 unspecified atom stereocenters. The molecule has 1 aliphatic rings. The smallest absolute Gasteiger partial charge is 0.320 e. The van der Waals surface area contributed by atoms with Crippen molar-refractivity contribution in [2.24, 2.45) is 0 Å². The van der Waals surface area contributed by atoms with E-state index in [1.165, 1.54) is 13.2 Å². The van der Waals surface area contributed by atoms with Crippen LogP contribution in [0.2, 0.25) is 0 Å². The molecule has 0 aliphatic carbocycles. The summed E-state index contributed by atoms with van der Waals surface area (Å²) in [7, 11) is 1.38. The number of hydrogen-bond donors (Lipinski definition) is 2. The number of rotatable bonds is 2. The van der Waals surface area contributed by atoms with E-state index < -0.39 is 17.1 Å². The van der Waals surface area contributed by atoms with E-state index in [2.05, 4.69) is 0 Å². The molecule has 0 radical (unpaired) electrons. The van der Waals surface area contributed by atoms with E-state index in [-0.39, 0.29) is 18.0 Å². The van der Waals surface area contributed by atoms with E-state index in [9.17, 15) is 20.3 Å². The van der Waals surface area contributed by atoms with Crippen molar-refractivity contribution < 1.29 is 19.9 Å². The van der Waals surface area contributed by atoms with Gasteiger partial charge in [0.2, 0.25) is 0 Å². The van der Waals surface area contributed by atoms with E-state index in [4.69, 9.17) is 4.74 Å². The predicted octanol–water partition coefficient (Wildman–Crippen LogP) is 1.27. The van der Waals surface area contributed by atoms with Crippen LogP contribution in [-0.2, 0) is 6.54 Å². The topological polar surface area (TPSA) is 97.8 Å². The Bertz CT molecular complexity index is 721. The Kier molecular flexibility index (Phi) is 2.70. The number of fused-ring (bicyclic) bond motifs is 3. The fraction of sp³-hybridized carbons (Fsp3) is 0.385. The lowest BCUT2D eigenvalue weighted by molar-refractivity contribution is -0.384. The molecular weight excluding hydrogens is 264 g/mol. The number of aromatic nitrogens is 1. The summed E-state index contributed by atoms with van der Waals surface area (Å²) in [6, 6.07) is 3.24. The van der Waals surface area contributed by atoms with E-state index >= 15 is 0 Å². The van der Waals surface area contributed by atoms with Crippen LogP contribution < -0.4 is 4.74 Å². The maximum atomic E-state index is 11.3. The summed E-state index contributed by atoms with van der Waals surface area (Å²) in [5.41, 5.74) is 1.66. The van der Waals surface area contributed by atoms with Crippen molar-refractivity contribution in [1.82, 2.24) is 4.57 Å². The molecule has 1 aromatic carbocycles. The lowest BCUT2D eigenvalue weighted by Gasteiger charge is -2.08. The first-order chi connectivity index (χ1) is 9.47. The van der Waals surface area contributed by atoms with Gasteiger partial charge in [0, 0.05) is 0 Å². The van der Waals surface area contributed by atoms with Crippen molar-refractivity contribution in [3.8, 4) is 5.75 Å². The first kappa shape index (κ1) is 12.9. The Balaban J connectivity index is 2.42. The van der Waals surface area contributed by atoms with Gasteiger partial charge in [0.15, 0.2) is 5.75 Å².